The van der Waals surface area contributed by atoms with Crippen molar-refractivity contribution in [3.63, 3.8) is 0 Å². The molecule has 0 aliphatic carbocycles. The van der Waals surface area contributed by atoms with Crippen LogP contribution in [0.3, 0.4) is 0 Å². The van der Waals surface area contributed by atoms with E-state index >= 15 is 0 Å². The van der Waals surface area contributed by atoms with Gasteiger partial charge in [-0.15, -0.1) is 0 Å². The van der Waals surface area contributed by atoms with Crippen molar-refractivity contribution < 1.29 is 9.53 Å². The van der Waals surface area contributed by atoms with Crippen molar-refractivity contribution in [2.24, 2.45) is 0 Å². The fourth-order valence-electron chi connectivity index (χ4n) is 2.30. The van der Waals surface area contributed by atoms with Gasteiger partial charge >= 0.3 is 0 Å². The van der Waals surface area contributed by atoms with Gasteiger partial charge in [0.1, 0.15) is 12.0 Å². The van der Waals surface area contributed by atoms with E-state index in [1.165, 1.54) is 19.4 Å². The fourth-order valence-corrected chi connectivity index (χ4v) is 2.30. The van der Waals surface area contributed by atoms with Gasteiger partial charge in [-0.2, -0.15) is 0 Å². The topological polar surface area (TPSA) is 29.5 Å². The zero-order valence-electron chi connectivity index (χ0n) is 10.3. The third kappa shape index (κ3) is 3.30. The van der Waals surface area contributed by atoms with E-state index in [1.807, 2.05) is 12.1 Å². The summed E-state index contributed by atoms with van der Waals surface area (Å²) in [5, 5.41) is 0. The molecule has 0 bridgehead atoms. The number of likely N-dealkylation sites (tertiary alicyclic amines) is 1. The molecular weight excluding hydrogens is 214 g/mol. The van der Waals surface area contributed by atoms with Crippen molar-refractivity contribution in [2.45, 2.75) is 25.3 Å². The fraction of sp³-hybridized carbons (Fsp3) is 0.500. The molecule has 1 aliphatic rings. The molecule has 1 heterocycles. The maximum absolute atomic E-state index is 10.5. The number of aldehydes is 1. The molecule has 92 valence electrons. The maximum atomic E-state index is 10.5. The van der Waals surface area contributed by atoms with Crippen LogP contribution >= 0.6 is 0 Å². The van der Waals surface area contributed by atoms with E-state index in [2.05, 4.69) is 11.9 Å². The molecule has 1 aromatic rings. The van der Waals surface area contributed by atoms with Crippen molar-refractivity contribution in [3.05, 3.63) is 29.8 Å². The van der Waals surface area contributed by atoms with Crippen LogP contribution in [0.5, 0.6) is 5.75 Å². The lowest BCUT2D eigenvalue weighted by Crippen LogP contribution is -2.26. The van der Waals surface area contributed by atoms with Crippen LogP contribution in [0.1, 0.15) is 29.6 Å². The van der Waals surface area contributed by atoms with Crippen molar-refractivity contribution in [1.29, 1.82) is 0 Å². The first-order valence-electron chi connectivity index (χ1n) is 6.18. The summed E-state index contributed by atoms with van der Waals surface area (Å²) < 4.78 is 5.67. The van der Waals surface area contributed by atoms with Crippen LogP contribution in [0, 0.1) is 0 Å². The molecule has 0 amide bonds. The summed E-state index contributed by atoms with van der Waals surface area (Å²) in [4.78, 5) is 12.9. The molecule has 0 N–H and O–H groups in total. The molecule has 3 nitrogen and oxygen atoms in total. The van der Waals surface area contributed by atoms with Gasteiger partial charge in [-0.3, -0.25) is 4.79 Å². The highest BCUT2D eigenvalue weighted by atomic mass is 16.5. The van der Waals surface area contributed by atoms with Crippen LogP contribution < -0.4 is 4.74 Å². The van der Waals surface area contributed by atoms with Gasteiger partial charge in [-0.05, 0) is 57.1 Å². The minimum absolute atomic E-state index is 0.671. The molecule has 1 unspecified atom stereocenters. The lowest BCUT2D eigenvalue weighted by Gasteiger charge is -2.19. The third-order valence-electron chi connectivity index (χ3n) is 3.41. The molecule has 0 saturated carbocycles. The van der Waals surface area contributed by atoms with Gasteiger partial charge in [0.05, 0.1) is 6.61 Å². The number of hydrogen-bond donors (Lipinski definition) is 0. The Hall–Kier alpha value is -1.35. The van der Waals surface area contributed by atoms with Crippen molar-refractivity contribution in [1.82, 2.24) is 4.90 Å². The molecule has 0 radical (unpaired) electrons. The normalized spacial score (nSPS) is 20.4. The highest BCUT2D eigenvalue weighted by molar-refractivity contribution is 5.74. The Kier molecular flexibility index (Phi) is 4.15. The Balaban J connectivity index is 1.75. The maximum Gasteiger partial charge on any atom is 0.150 e. The number of nitrogens with zero attached hydrogens (tertiary/aromatic N) is 1. The van der Waals surface area contributed by atoms with Crippen LogP contribution in [-0.2, 0) is 0 Å². The number of hydrogen-bond acceptors (Lipinski definition) is 3. The smallest absolute Gasteiger partial charge is 0.150 e. The van der Waals surface area contributed by atoms with E-state index in [4.69, 9.17) is 4.74 Å². The molecule has 0 aromatic heterocycles. The van der Waals surface area contributed by atoms with Crippen LogP contribution in [-0.4, -0.2) is 37.4 Å². The molecule has 1 aliphatic heterocycles. The Morgan fingerprint density at radius 3 is 2.76 bits per heavy atom. The zero-order valence-corrected chi connectivity index (χ0v) is 10.3. The third-order valence-corrected chi connectivity index (χ3v) is 3.41. The van der Waals surface area contributed by atoms with Gasteiger partial charge in [0.15, 0.2) is 0 Å². The van der Waals surface area contributed by atoms with Crippen LogP contribution in [0.2, 0.25) is 0 Å². The van der Waals surface area contributed by atoms with Crippen molar-refractivity contribution in [3.8, 4) is 5.75 Å². The van der Waals surface area contributed by atoms with E-state index in [0.29, 0.717) is 11.6 Å². The molecule has 3 heteroatoms. The Labute approximate surface area is 102 Å². The largest absolute Gasteiger partial charge is 0.494 e. The Morgan fingerprint density at radius 2 is 2.18 bits per heavy atom. The molecule has 17 heavy (non-hydrogen) atoms. The summed E-state index contributed by atoms with van der Waals surface area (Å²) in [7, 11) is 2.18. The molecule has 1 atom stereocenters. The lowest BCUT2D eigenvalue weighted by molar-refractivity contribution is 0.112. The minimum Gasteiger partial charge on any atom is -0.494 e. The molecule has 0 spiro atoms. The van der Waals surface area contributed by atoms with Gasteiger partial charge in [0, 0.05) is 11.6 Å². The molecule has 2 rings (SSSR count). The second-order valence-corrected chi connectivity index (χ2v) is 4.60. The van der Waals surface area contributed by atoms with Gasteiger partial charge in [-0.25, -0.2) is 0 Å². The quantitative estimate of drug-likeness (QED) is 0.731. The van der Waals surface area contributed by atoms with E-state index in [0.717, 1.165) is 25.1 Å². The Morgan fingerprint density at radius 1 is 1.41 bits per heavy atom. The predicted molar refractivity (Wildman–Crippen MR) is 67.6 cm³/mol. The van der Waals surface area contributed by atoms with E-state index in [1.54, 1.807) is 12.1 Å². The number of carbonyl (C=O) groups is 1. The number of carbonyl (C=O) groups excluding carboxylic acids is 1. The second kappa shape index (κ2) is 5.82. The van der Waals surface area contributed by atoms with Gasteiger partial charge < -0.3 is 9.64 Å². The first kappa shape index (κ1) is 12.1. The first-order valence-corrected chi connectivity index (χ1v) is 6.18. The molecule has 1 aromatic carbocycles. The van der Waals surface area contributed by atoms with Gasteiger partial charge in [0.25, 0.3) is 0 Å². The van der Waals surface area contributed by atoms with Crippen LogP contribution in [0.25, 0.3) is 0 Å². The Bertz CT molecular complexity index is 361. The SMILES string of the molecule is CN1CCCC1CCOc1ccc(C=O)cc1. The summed E-state index contributed by atoms with van der Waals surface area (Å²) in [5.74, 6) is 0.844. The van der Waals surface area contributed by atoms with Gasteiger partial charge in [0.2, 0.25) is 0 Å². The molecule has 1 saturated heterocycles. The lowest BCUT2D eigenvalue weighted by atomic mass is 10.1. The van der Waals surface area contributed by atoms with E-state index < -0.39 is 0 Å². The van der Waals surface area contributed by atoms with Crippen molar-refractivity contribution in [2.75, 3.05) is 20.2 Å². The summed E-state index contributed by atoms with van der Waals surface area (Å²) >= 11 is 0. The summed E-state index contributed by atoms with van der Waals surface area (Å²) in [6.07, 6.45) is 4.50. The second-order valence-electron chi connectivity index (χ2n) is 4.60. The van der Waals surface area contributed by atoms with E-state index in [-0.39, 0.29) is 0 Å². The minimum atomic E-state index is 0.671. The monoisotopic (exact) mass is 233 g/mol. The first-order chi connectivity index (χ1) is 8.29. The molecule has 1 fully saturated rings. The van der Waals surface area contributed by atoms with Crippen molar-refractivity contribution >= 4 is 6.29 Å². The molecular formula is C14H19NO2. The van der Waals surface area contributed by atoms with Gasteiger partial charge in [-0.1, -0.05) is 0 Å². The van der Waals surface area contributed by atoms with Crippen LogP contribution in [0.4, 0.5) is 0 Å². The summed E-state index contributed by atoms with van der Waals surface area (Å²) in [6.45, 7) is 1.95. The average Bonchev–Trinajstić information content (AvgIpc) is 2.76. The summed E-state index contributed by atoms with van der Waals surface area (Å²) in [5.41, 5.74) is 0.688. The zero-order chi connectivity index (χ0) is 12.1. The highest BCUT2D eigenvalue weighted by Gasteiger charge is 2.20. The predicted octanol–water partition coefficient (Wildman–Crippen LogP) is 2.36. The number of ether oxygens (including phenoxy) is 1. The number of benzene rings is 1. The standard InChI is InChI=1S/C14H19NO2/c1-15-9-2-3-13(15)8-10-17-14-6-4-12(11-16)5-7-14/h4-7,11,13H,2-3,8-10H2,1H3. The summed E-state index contributed by atoms with van der Waals surface area (Å²) in [6, 6.07) is 7.93. The highest BCUT2D eigenvalue weighted by Crippen LogP contribution is 2.18. The average molecular weight is 233 g/mol. The van der Waals surface area contributed by atoms with Crippen LogP contribution in [0.15, 0.2) is 24.3 Å². The number of rotatable bonds is 5. The van der Waals surface area contributed by atoms with E-state index in [9.17, 15) is 4.79 Å².